The van der Waals surface area contributed by atoms with Crippen molar-refractivity contribution < 1.29 is 4.48 Å². The molecule has 0 aromatic heterocycles. The highest BCUT2D eigenvalue weighted by Gasteiger charge is 2.26. The van der Waals surface area contributed by atoms with Gasteiger partial charge in [-0.15, -0.1) is 0 Å². The average Bonchev–Trinajstić information content (AvgIpc) is 2.52. The predicted octanol–water partition coefficient (Wildman–Crippen LogP) is 5.78. The summed E-state index contributed by atoms with van der Waals surface area (Å²) in [6, 6.07) is 11.1. The largest absolute Gasteiger partial charge is 0.320 e. The smallest absolute Gasteiger partial charge is 0.104 e. The first-order valence-electron chi connectivity index (χ1n) is 8.71. The summed E-state index contributed by atoms with van der Waals surface area (Å²) in [6.07, 6.45) is 7.95. The summed E-state index contributed by atoms with van der Waals surface area (Å²) in [4.78, 5) is 0. The van der Waals surface area contributed by atoms with Gasteiger partial charge in [0.1, 0.15) is 6.54 Å². The maximum atomic E-state index is 3.58. The molecule has 0 heterocycles. The van der Waals surface area contributed by atoms with Gasteiger partial charge in [-0.3, -0.25) is 0 Å². The lowest BCUT2D eigenvalue weighted by atomic mass is 10.1. The summed E-state index contributed by atoms with van der Waals surface area (Å²) in [7, 11) is 0. The number of unbranched alkanes of at least 4 members (excludes halogenated alkanes) is 3. The highest BCUT2D eigenvalue weighted by atomic mass is 79.9. The highest BCUT2D eigenvalue weighted by molar-refractivity contribution is 9.09. The first-order valence-corrected chi connectivity index (χ1v) is 9.83. The van der Waals surface area contributed by atoms with Gasteiger partial charge in [0.05, 0.1) is 19.6 Å². The summed E-state index contributed by atoms with van der Waals surface area (Å²) in [5.41, 5.74) is 1.50. The van der Waals surface area contributed by atoms with Gasteiger partial charge in [-0.05, 0) is 25.7 Å². The monoisotopic (exact) mass is 354 g/mol. The fourth-order valence-electron chi connectivity index (χ4n) is 3.07. The Morgan fingerprint density at radius 3 is 1.90 bits per heavy atom. The molecule has 0 aliphatic carbocycles. The van der Waals surface area contributed by atoms with Gasteiger partial charge in [0.15, 0.2) is 0 Å². The molecule has 120 valence electrons. The molecule has 0 aliphatic heterocycles. The van der Waals surface area contributed by atoms with Crippen LogP contribution in [0.15, 0.2) is 30.3 Å². The number of rotatable bonds is 12. The lowest BCUT2D eigenvalue weighted by molar-refractivity contribution is -0.941. The molecule has 1 aromatic rings. The quantitative estimate of drug-likeness (QED) is 0.253. The molecule has 0 amide bonds. The van der Waals surface area contributed by atoms with E-state index in [0.29, 0.717) is 0 Å². The number of quaternary nitrogens is 1. The maximum absolute atomic E-state index is 3.58. The molecule has 0 N–H and O–H groups in total. The Morgan fingerprint density at radius 1 is 0.810 bits per heavy atom. The number of halogens is 1. The van der Waals surface area contributed by atoms with Crippen molar-refractivity contribution in [3.05, 3.63) is 35.9 Å². The minimum absolute atomic E-state index is 1.14. The van der Waals surface area contributed by atoms with Crippen LogP contribution in [0, 0.1) is 0 Å². The van der Waals surface area contributed by atoms with Gasteiger partial charge in [0.25, 0.3) is 0 Å². The molecule has 0 radical (unpaired) electrons. The summed E-state index contributed by atoms with van der Waals surface area (Å²) in [6.45, 7) is 9.86. The number of alkyl halides is 1. The van der Waals surface area contributed by atoms with Crippen LogP contribution >= 0.6 is 15.9 Å². The van der Waals surface area contributed by atoms with E-state index in [1.165, 1.54) is 74.8 Å². The number of hydrogen-bond acceptors (Lipinski definition) is 0. The average molecular weight is 355 g/mol. The second-order valence-corrected chi connectivity index (χ2v) is 7.05. The standard InChI is InChI=1S/C19H33BrN/c1-3-5-15-21(16-6-4-2,17-11-10-14-20)18-19-12-8-7-9-13-19/h7-9,12-13H,3-6,10-11,14-18H2,1-2H3/q+1. The Morgan fingerprint density at radius 2 is 1.38 bits per heavy atom. The van der Waals surface area contributed by atoms with Gasteiger partial charge in [-0.1, -0.05) is 73.0 Å². The van der Waals surface area contributed by atoms with Crippen LogP contribution in [0.4, 0.5) is 0 Å². The van der Waals surface area contributed by atoms with E-state index >= 15 is 0 Å². The minimum atomic E-state index is 1.14. The van der Waals surface area contributed by atoms with Crippen molar-refractivity contribution in [3.63, 3.8) is 0 Å². The summed E-state index contributed by atoms with van der Waals surface area (Å²) >= 11 is 3.58. The third-order valence-electron chi connectivity index (χ3n) is 4.35. The van der Waals surface area contributed by atoms with E-state index in [0.717, 1.165) is 5.33 Å². The van der Waals surface area contributed by atoms with Crippen LogP contribution in [-0.2, 0) is 6.54 Å². The molecule has 0 unspecified atom stereocenters. The third-order valence-corrected chi connectivity index (χ3v) is 4.91. The zero-order chi connectivity index (χ0) is 15.4. The Hall–Kier alpha value is -0.340. The van der Waals surface area contributed by atoms with Crippen molar-refractivity contribution in [2.45, 2.75) is 58.9 Å². The normalized spacial score (nSPS) is 11.8. The molecule has 0 fully saturated rings. The molecule has 0 saturated carbocycles. The minimum Gasteiger partial charge on any atom is -0.320 e. The Balaban J connectivity index is 2.79. The van der Waals surface area contributed by atoms with E-state index in [1.54, 1.807) is 0 Å². The van der Waals surface area contributed by atoms with E-state index in [1.807, 2.05) is 0 Å². The molecule has 0 atom stereocenters. The zero-order valence-electron chi connectivity index (χ0n) is 14.0. The number of benzene rings is 1. The van der Waals surface area contributed by atoms with Gasteiger partial charge in [0.2, 0.25) is 0 Å². The predicted molar refractivity (Wildman–Crippen MR) is 97.9 cm³/mol. The van der Waals surface area contributed by atoms with Gasteiger partial charge in [0, 0.05) is 10.9 Å². The van der Waals surface area contributed by atoms with Gasteiger partial charge < -0.3 is 4.48 Å². The maximum Gasteiger partial charge on any atom is 0.104 e. The van der Waals surface area contributed by atoms with E-state index in [2.05, 4.69) is 60.1 Å². The Labute approximate surface area is 140 Å². The third kappa shape index (κ3) is 7.46. The zero-order valence-corrected chi connectivity index (χ0v) is 15.6. The number of nitrogens with zero attached hydrogens (tertiary/aromatic N) is 1. The lowest BCUT2D eigenvalue weighted by Crippen LogP contribution is -2.49. The van der Waals surface area contributed by atoms with Crippen molar-refractivity contribution in [1.82, 2.24) is 0 Å². The molecule has 0 aliphatic rings. The van der Waals surface area contributed by atoms with Crippen LogP contribution in [0.25, 0.3) is 0 Å². The highest BCUT2D eigenvalue weighted by Crippen LogP contribution is 2.20. The molecular formula is C19H33BrN+. The molecule has 1 rings (SSSR count). The van der Waals surface area contributed by atoms with Crippen LogP contribution in [-0.4, -0.2) is 29.4 Å². The number of hydrogen-bond donors (Lipinski definition) is 0. The second-order valence-electron chi connectivity index (χ2n) is 6.26. The van der Waals surface area contributed by atoms with Crippen molar-refractivity contribution in [3.8, 4) is 0 Å². The van der Waals surface area contributed by atoms with Crippen molar-refractivity contribution >= 4 is 15.9 Å². The van der Waals surface area contributed by atoms with Crippen LogP contribution in [0.3, 0.4) is 0 Å². The van der Waals surface area contributed by atoms with E-state index in [-0.39, 0.29) is 0 Å². The summed E-state index contributed by atoms with van der Waals surface area (Å²) in [5, 5.41) is 1.14. The first-order chi connectivity index (χ1) is 10.3. The molecule has 2 heteroatoms. The first kappa shape index (κ1) is 18.7. The van der Waals surface area contributed by atoms with Crippen molar-refractivity contribution in [2.24, 2.45) is 0 Å². The SMILES string of the molecule is CCCC[N+](CCCC)(CCCCBr)Cc1ccccc1. The van der Waals surface area contributed by atoms with Crippen molar-refractivity contribution in [1.29, 1.82) is 0 Å². The van der Waals surface area contributed by atoms with Gasteiger partial charge >= 0.3 is 0 Å². The topological polar surface area (TPSA) is 0 Å². The molecule has 0 saturated heterocycles. The fraction of sp³-hybridized carbons (Fsp3) is 0.684. The molecule has 1 nitrogen and oxygen atoms in total. The van der Waals surface area contributed by atoms with Crippen LogP contribution < -0.4 is 0 Å². The van der Waals surface area contributed by atoms with E-state index < -0.39 is 0 Å². The summed E-state index contributed by atoms with van der Waals surface area (Å²) < 4.78 is 1.29. The fourth-order valence-corrected chi connectivity index (χ4v) is 3.47. The molecule has 0 bridgehead atoms. The Kier molecular flexibility index (Phi) is 10.0. The van der Waals surface area contributed by atoms with E-state index in [9.17, 15) is 0 Å². The molecule has 0 spiro atoms. The van der Waals surface area contributed by atoms with Crippen molar-refractivity contribution in [2.75, 3.05) is 25.0 Å². The summed E-state index contributed by atoms with van der Waals surface area (Å²) in [5.74, 6) is 0. The van der Waals surface area contributed by atoms with Crippen LogP contribution in [0.1, 0.15) is 57.9 Å². The molecule has 21 heavy (non-hydrogen) atoms. The Bertz CT molecular complexity index is 342. The molecular weight excluding hydrogens is 322 g/mol. The lowest BCUT2D eigenvalue weighted by Gasteiger charge is -2.39. The van der Waals surface area contributed by atoms with E-state index in [4.69, 9.17) is 0 Å². The van der Waals surface area contributed by atoms with Crippen LogP contribution in [0.5, 0.6) is 0 Å². The van der Waals surface area contributed by atoms with Crippen LogP contribution in [0.2, 0.25) is 0 Å². The second kappa shape index (κ2) is 11.3. The molecule has 1 aromatic carbocycles. The van der Waals surface area contributed by atoms with Gasteiger partial charge in [-0.2, -0.15) is 0 Å². The van der Waals surface area contributed by atoms with Gasteiger partial charge in [-0.25, -0.2) is 0 Å².